The zero-order valence-electron chi connectivity index (χ0n) is 7.20. The SMILES string of the molecule is COC(=O)C(C)(O)C1=CC=CC1. The third-order valence-electron chi connectivity index (χ3n) is 1.98. The molecule has 0 fully saturated rings. The topological polar surface area (TPSA) is 46.5 Å². The van der Waals surface area contributed by atoms with E-state index in [4.69, 9.17) is 0 Å². The normalized spacial score (nSPS) is 20.1. The van der Waals surface area contributed by atoms with Crippen molar-refractivity contribution < 1.29 is 14.6 Å². The molecule has 0 aliphatic heterocycles. The molecular formula is C9H12O3. The molecule has 1 N–H and O–H groups in total. The molecule has 0 bridgehead atoms. The number of methoxy groups -OCH3 is 1. The molecule has 0 amide bonds. The number of allylic oxidation sites excluding steroid dienone is 3. The second kappa shape index (κ2) is 3.11. The first-order chi connectivity index (χ1) is 5.59. The Morgan fingerprint density at radius 2 is 2.42 bits per heavy atom. The fourth-order valence-corrected chi connectivity index (χ4v) is 1.14. The number of carbonyl (C=O) groups is 1. The highest BCUT2D eigenvalue weighted by atomic mass is 16.5. The molecule has 0 aromatic rings. The molecule has 0 spiro atoms. The van der Waals surface area contributed by atoms with Crippen LogP contribution in [0.3, 0.4) is 0 Å². The van der Waals surface area contributed by atoms with Gasteiger partial charge < -0.3 is 9.84 Å². The van der Waals surface area contributed by atoms with Gasteiger partial charge in [0.25, 0.3) is 0 Å². The Balaban J connectivity index is 2.78. The number of hydrogen-bond donors (Lipinski definition) is 1. The number of aliphatic hydroxyl groups is 1. The number of hydrogen-bond acceptors (Lipinski definition) is 3. The van der Waals surface area contributed by atoms with Crippen molar-refractivity contribution >= 4 is 5.97 Å². The first-order valence-electron chi connectivity index (χ1n) is 3.76. The van der Waals surface area contributed by atoms with E-state index in [9.17, 15) is 9.90 Å². The lowest BCUT2D eigenvalue weighted by atomic mass is 9.95. The van der Waals surface area contributed by atoms with Gasteiger partial charge in [-0.1, -0.05) is 18.2 Å². The van der Waals surface area contributed by atoms with Gasteiger partial charge >= 0.3 is 5.97 Å². The average Bonchev–Trinajstić information content (AvgIpc) is 2.55. The number of rotatable bonds is 2. The van der Waals surface area contributed by atoms with Gasteiger partial charge in [0.2, 0.25) is 0 Å². The lowest BCUT2D eigenvalue weighted by Gasteiger charge is -2.21. The minimum atomic E-state index is -1.47. The van der Waals surface area contributed by atoms with Gasteiger partial charge in [0.15, 0.2) is 5.60 Å². The molecule has 12 heavy (non-hydrogen) atoms. The van der Waals surface area contributed by atoms with Crippen LogP contribution in [0.15, 0.2) is 23.8 Å². The molecule has 1 unspecified atom stereocenters. The summed E-state index contributed by atoms with van der Waals surface area (Å²) in [6.45, 7) is 1.44. The summed E-state index contributed by atoms with van der Waals surface area (Å²) in [5.74, 6) is -0.613. The van der Waals surface area contributed by atoms with Crippen LogP contribution in [-0.2, 0) is 9.53 Å². The molecule has 66 valence electrons. The Kier molecular flexibility index (Phi) is 2.33. The van der Waals surface area contributed by atoms with Crippen LogP contribution in [0.5, 0.6) is 0 Å². The van der Waals surface area contributed by atoms with Gasteiger partial charge in [0, 0.05) is 0 Å². The monoisotopic (exact) mass is 168 g/mol. The van der Waals surface area contributed by atoms with Crippen molar-refractivity contribution in [3.05, 3.63) is 23.8 Å². The average molecular weight is 168 g/mol. The Morgan fingerprint density at radius 3 is 2.83 bits per heavy atom. The van der Waals surface area contributed by atoms with Gasteiger partial charge in [0.05, 0.1) is 7.11 Å². The summed E-state index contributed by atoms with van der Waals surface area (Å²) in [7, 11) is 1.26. The van der Waals surface area contributed by atoms with E-state index in [1.54, 1.807) is 6.08 Å². The Labute approximate surface area is 71.3 Å². The fourth-order valence-electron chi connectivity index (χ4n) is 1.14. The molecule has 0 radical (unpaired) electrons. The van der Waals surface area contributed by atoms with Crippen LogP contribution in [0.25, 0.3) is 0 Å². The summed E-state index contributed by atoms with van der Waals surface area (Å²) in [4.78, 5) is 11.1. The molecule has 3 heteroatoms. The summed E-state index contributed by atoms with van der Waals surface area (Å²) in [5.41, 5.74) is -0.799. The Morgan fingerprint density at radius 1 is 1.75 bits per heavy atom. The summed E-state index contributed by atoms with van der Waals surface area (Å²) < 4.78 is 4.47. The molecule has 0 heterocycles. The van der Waals surface area contributed by atoms with Crippen LogP contribution >= 0.6 is 0 Å². The van der Waals surface area contributed by atoms with E-state index in [-0.39, 0.29) is 0 Å². The van der Waals surface area contributed by atoms with E-state index in [1.807, 2.05) is 12.2 Å². The van der Waals surface area contributed by atoms with Crippen molar-refractivity contribution in [2.45, 2.75) is 18.9 Å². The maximum absolute atomic E-state index is 11.1. The van der Waals surface area contributed by atoms with E-state index in [0.717, 1.165) is 0 Å². The van der Waals surface area contributed by atoms with E-state index in [1.165, 1.54) is 14.0 Å². The number of ether oxygens (including phenoxy) is 1. The third-order valence-corrected chi connectivity index (χ3v) is 1.98. The van der Waals surface area contributed by atoms with Crippen molar-refractivity contribution in [2.75, 3.05) is 7.11 Å². The highest BCUT2D eigenvalue weighted by Crippen LogP contribution is 2.24. The standard InChI is InChI=1S/C9H12O3/c1-9(11,8(10)12-2)7-5-3-4-6-7/h3-5,11H,6H2,1-2H3. The fraction of sp³-hybridized carbons (Fsp3) is 0.444. The Bertz CT molecular complexity index is 248. The predicted octanol–water partition coefficient (Wildman–Crippen LogP) is 0.797. The lowest BCUT2D eigenvalue weighted by molar-refractivity contribution is -0.156. The van der Waals surface area contributed by atoms with Gasteiger partial charge in [-0.05, 0) is 18.9 Å². The van der Waals surface area contributed by atoms with Gasteiger partial charge in [-0.3, -0.25) is 0 Å². The van der Waals surface area contributed by atoms with Crippen molar-refractivity contribution in [2.24, 2.45) is 0 Å². The first-order valence-corrected chi connectivity index (χ1v) is 3.76. The van der Waals surface area contributed by atoms with Crippen molar-refractivity contribution in [1.29, 1.82) is 0 Å². The van der Waals surface area contributed by atoms with Gasteiger partial charge in [-0.2, -0.15) is 0 Å². The smallest absolute Gasteiger partial charge is 0.341 e. The van der Waals surface area contributed by atoms with Gasteiger partial charge in [-0.15, -0.1) is 0 Å². The van der Waals surface area contributed by atoms with Crippen LogP contribution in [0, 0.1) is 0 Å². The molecule has 0 saturated carbocycles. The molecule has 1 atom stereocenters. The largest absolute Gasteiger partial charge is 0.467 e. The van der Waals surface area contributed by atoms with Crippen molar-refractivity contribution in [1.82, 2.24) is 0 Å². The molecule has 1 rings (SSSR count). The van der Waals surface area contributed by atoms with Crippen LogP contribution in [-0.4, -0.2) is 23.8 Å². The van der Waals surface area contributed by atoms with Gasteiger partial charge in [0.1, 0.15) is 0 Å². The molecule has 1 aliphatic carbocycles. The first kappa shape index (κ1) is 9.00. The van der Waals surface area contributed by atoms with Crippen molar-refractivity contribution in [3.8, 4) is 0 Å². The molecule has 0 saturated heterocycles. The minimum absolute atomic E-state index is 0.613. The third kappa shape index (κ3) is 1.41. The van der Waals surface area contributed by atoms with Crippen LogP contribution in [0.1, 0.15) is 13.3 Å². The number of esters is 1. The summed E-state index contributed by atoms with van der Waals surface area (Å²) in [6.07, 6.45) is 6.04. The molecule has 0 aromatic carbocycles. The summed E-state index contributed by atoms with van der Waals surface area (Å²) in [6, 6.07) is 0. The van der Waals surface area contributed by atoms with E-state index >= 15 is 0 Å². The highest BCUT2D eigenvalue weighted by molar-refractivity contribution is 5.83. The lowest BCUT2D eigenvalue weighted by Crippen LogP contribution is -2.37. The quantitative estimate of drug-likeness (QED) is 0.620. The van der Waals surface area contributed by atoms with Crippen LogP contribution in [0.2, 0.25) is 0 Å². The zero-order valence-corrected chi connectivity index (χ0v) is 7.20. The highest BCUT2D eigenvalue weighted by Gasteiger charge is 2.35. The summed E-state index contributed by atoms with van der Waals surface area (Å²) in [5, 5.41) is 9.70. The minimum Gasteiger partial charge on any atom is -0.467 e. The maximum Gasteiger partial charge on any atom is 0.341 e. The number of carbonyl (C=O) groups excluding carboxylic acids is 1. The molecule has 0 aromatic heterocycles. The molecule has 1 aliphatic rings. The molecular weight excluding hydrogens is 156 g/mol. The zero-order chi connectivity index (χ0) is 9.19. The summed E-state index contributed by atoms with van der Waals surface area (Å²) >= 11 is 0. The van der Waals surface area contributed by atoms with E-state index < -0.39 is 11.6 Å². The maximum atomic E-state index is 11.1. The second-order valence-corrected chi connectivity index (χ2v) is 2.89. The van der Waals surface area contributed by atoms with E-state index in [2.05, 4.69) is 4.74 Å². The predicted molar refractivity (Wildman–Crippen MR) is 44.5 cm³/mol. The van der Waals surface area contributed by atoms with Crippen LogP contribution < -0.4 is 0 Å². The second-order valence-electron chi connectivity index (χ2n) is 2.89. The van der Waals surface area contributed by atoms with Gasteiger partial charge in [-0.25, -0.2) is 4.79 Å². The van der Waals surface area contributed by atoms with E-state index in [0.29, 0.717) is 12.0 Å². The Hall–Kier alpha value is -1.09. The van der Waals surface area contributed by atoms with Crippen LogP contribution in [0.4, 0.5) is 0 Å². The molecule has 3 nitrogen and oxygen atoms in total. The van der Waals surface area contributed by atoms with Crippen molar-refractivity contribution in [3.63, 3.8) is 0 Å².